The quantitative estimate of drug-likeness (QED) is 0.196. The zero-order chi connectivity index (χ0) is 37.3. The summed E-state index contributed by atoms with van der Waals surface area (Å²) in [6, 6.07) is 5.04. The summed E-state index contributed by atoms with van der Waals surface area (Å²) in [4.78, 5) is 47.5. The zero-order valence-electron chi connectivity index (χ0n) is 31.7. The van der Waals surface area contributed by atoms with Gasteiger partial charge in [0, 0.05) is 17.4 Å². The van der Waals surface area contributed by atoms with E-state index in [0.717, 1.165) is 65.3 Å². The summed E-state index contributed by atoms with van der Waals surface area (Å²) in [7, 11) is -2.10. The van der Waals surface area contributed by atoms with Gasteiger partial charge >= 0.3 is 0 Å². The van der Waals surface area contributed by atoms with Crippen molar-refractivity contribution < 1.29 is 32.3 Å². The number of ether oxygens (including phenoxy) is 2. The molecule has 3 amide bonds. The Labute approximate surface area is 309 Å². The van der Waals surface area contributed by atoms with Crippen molar-refractivity contribution in [3.8, 4) is 11.5 Å². The molecule has 11 nitrogen and oxygen atoms in total. The molecule has 12 heteroatoms. The Hall–Kier alpha value is -3.41. The Bertz CT molecular complexity index is 1760. The van der Waals surface area contributed by atoms with Crippen LogP contribution in [0.2, 0.25) is 0 Å². The Morgan fingerprint density at radius 1 is 1.06 bits per heavy atom. The number of unbranched alkanes of at least 4 members (excludes halogenated alkanes) is 2. The molecule has 3 saturated carbocycles. The number of benzene rings is 1. The summed E-state index contributed by atoms with van der Waals surface area (Å²) in [5, 5.41) is 3.27. The monoisotopic (exact) mass is 738 g/mol. The molecule has 0 unspecified atom stereocenters. The van der Waals surface area contributed by atoms with Gasteiger partial charge in [0.2, 0.25) is 21.8 Å². The fraction of sp³-hybridized carbons (Fsp3) is 0.700. The third-order valence-corrected chi connectivity index (χ3v) is 13.1. The highest BCUT2D eigenvalue weighted by atomic mass is 32.2. The molecule has 0 spiro atoms. The van der Waals surface area contributed by atoms with E-state index < -0.39 is 38.7 Å². The number of sulfonamides is 1. The average Bonchev–Trinajstić information content (AvgIpc) is 4.03. The van der Waals surface area contributed by atoms with E-state index in [1.54, 1.807) is 18.9 Å². The second-order valence-electron chi connectivity index (χ2n) is 17.0. The van der Waals surface area contributed by atoms with Crippen LogP contribution in [0.5, 0.6) is 11.5 Å². The van der Waals surface area contributed by atoms with Crippen LogP contribution in [0.15, 0.2) is 18.2 Å². The lowest BCUT2D eigenvalue weighted by Crippen LogP contribution is -2.57. The third-order valence-electron chi connectivity index (χ3n) is 11.3. The minimum Gasteiger partial charge on any atom is -0.497 e. The van der Waals surface area contributed by atoms with Crippen LogP contribution in [0.3, 0.4) is 0 Å². The van der Waals surface area contributed by atoms with Gasteiger partial charge in [0.05, 0.1) is 30.1 Å². The van der Waals surface area contributed by atoms with Crippen molar-refractivity contribution in [2.24, 2.45) is 11.3 Å². The van der Waals surface area contributed by atoms with Gasteiger partial charge < -0.3 is 19.7 Å². The Balaban J connectivity index is 1.19. The molecule has 2 heterocycles. The van der Waals surface area contributed by atoms with Crippen molar-refractivity contribution in [1.82, 2.24) is 19.9 Å². The summed E-state index contributed by atoms with van der Waals surface area (Å²) >= 11 is 0. The Morgan fingerprint density at radius 3 is 2.44 bits per heavy atom. The maximum Gasteiger partial charge on any atom is 0.259 e. The number of hydrogen-bond acceptors (Lipinski definition) is 8. The predicted octanol–water partition coefficient (Wildman–Crippen LogP) is 6.14. The predicted molar refractivity (Wildman–Crippen MR) is 201 cm³/mol. The molecule has 0 bridgehead atoms. The van der Waals surface area contributed by atoms with Crippen molar-refractivity contribution in [2.75, 3.05) is 13.7 Å². The van der Waals surface area contributed by atoms with Gasteiger partial charge in [0.25, 0.3) is 5.91 Å². The smallest absolute Gasteiger partial charge is 0.259 e. The van der Waals surface area contributed by atoms with Crippen molar-refractivity contribution in [1.29, 1.82) is 0 Å². The summed E-state index contributed by atoms with van der Waals surface area (Å²) in [5.74, 6) is 1.03. The van der Waals surface area contributed by atoms with E-state index in [-0.39, 0.29) is 30.4 Å². The van der Waals surface area contributed by atoms with E-state index in [0.29, 0.717) is 32.1 Å². The molecular formula is C40H58N4O7S. The van der Waals surface area contributed by atoms with Crippen LogP contribution in [-0.2, 0) is 37.2 Å². The number of rotatable bonds is 16. The molecule has 1 aromatic carbocycles. The number of methoxy groups -OCH3 is 1. The fourth-order valence-electron chi connectivity index (χ4n) is 7.85. The van der Waals surface area contributed by atoms with E-state index in [9.17, 15) is 22.8 Å². The van der Waals surface area contributed by atoms with Gasteiger partial charge in [-0.1, -0.05) is 65.7 Å². The average molecular weight is 739 g/mol. The number of aromatic nitrogens is 1. The number of nitrogens with one attached hydrogen (secondary N) is 2. The maximum absolute atomic E-state index is 13.9. The number of nitrogens with zero attached hydrogens (tertiary/aromatic N) is 2. The highest BCUT2D eigenvalue weighted by molar-refractivity contribution is 7.91. The Kier molecular flexibility index (Phi) is 11.4. The first kappa shape index (κ1) is 38.3. The van der Waals surface area contributed by atoms with Gasteiger partial charge in [0.15, 0.2) is 0 Å². The lowest BCUT2D eigenvalue weighted by atomic mass is 9.91. The van der Waals surface area contributed by atoms with Crippen molar-refractivity contribution in [2.45, 2.75) is 153 Å². The topological polar surface area (TPSA) is 144 Å². The molecule has 1 aromatic heterocycles. The number of aryl methyl sites for hydroxylation is 2. The summed E-state index contributed by atoms with van der Waals surface area (Å²) < 4.78 is 39.5. The molecule has 52 heavy (non-hydrogen) atoms. The summed E-state index contributed by atoms with van der Waals surface area (Å²) in [6.45, 7) is 7.80. The summed E-state index contributed by atoms with van der Waals surface area (Å²) in [5.41, 5.74) is 1.33. The van der Waals surface area contributed by atoms with E-state index in [1.165, 1.54) is 38.5 Å². The SMILES string of the molecule is COc1ccc2nc(CCCCCC3CCCC3)c3c(c2c1)CC[C@@H](CN(C(=O)CC(C)(C)C)[C@@H](C)C(=O)NC1(C(=O)NS(=O)(=O)C2CC2)CC1)O3. The van der Waals surface area contributed by atoms with Gasteiger partial charge in [0.1, 0.15) is 29.2 Å². The molecule has 3 fully saturated rings. The Morgan fingerprint density at radius 2 is 1.79 bits per heavy atom. The molecular weight excluding hydrogens is 681 g/mol. The van der Waals surface area contributed by atoms with E-state index in [4.69, 9.17) is 14.5 Å². The number of pyridine rings is 1. The first-order valence-corrected chi connectivity index (χ1v) is 21.1. The third kappa shape index (κ3) is 9.20. The molecule has 2 N–H and O–H groups in total. The molecule has 2 aromatic rings. The molecule has 286 valence electrons. The number of amides is 3. The second-order valence-corrected chi connectivity index (χ2v) is 18.9. The highest BCUT2D eigenvalue weighted by Gasteiger charge is 2.54. The van der Waals surface area contributed by atoms with E-state index in [1.807, 2.05) is 39.0 Å². The van der Waals surface area contributed by atoms with Gasteiger partial charge in [-0.3, -0.25) is 19.1 Å². The molecule has 1 aliphatic heterocycles. The molecule has 0 radical (unpaired) electrons. The van der Waals surface area contributed by atoms with E-state index in [2.05, 4.69) is 10.0 Å². The fourth-order valence-corrected chi connectivity index (χ4v) is 9.22. The molecule has 2 atom stereocenters. The number of carbonyl (C=O) groups excluding carboxylic acids is 3. The largest absolute Gasteiger partial charge is 0.497 e. The van der Waals surface area contributed by atoms with Crippen LogP contribution in [-0.4, -0.2) is 72.6 Å². The number of carbonyl (C=O) groups is 3. The van der Waals surface area contributed by atoms with Crippen molar-refractivity contribution in [3.63, 3.8) is 0 Å². The van der Waals surface area contributed by atoms with Crippen LogP contribution in [0.25, 0.3) is 10.9 Å². The number of hydrogen-bond donors (Lipinski definition) is 2. The first-order chi connectivity index (χ1) is 24.7. The second kappa shape index (κ2) is 15.5. The molecule has 3 aliphatic carbocycles. The van der Waals surface area contributed by atoms with Crippen LogP contribution in [0.4, 0.5) is 0 Å². The van der Waals surface area contributed by atoms with Gasteiger partial charge in [-0.05, 0) is 87.8 Å². The standard InChI is InChI=1S/C40H58N4O7S/c1-26(37(46)42-40(21-22-40)38(47)43-52(48,49)30-17-18-30)44(35(45)24-39(2,3)4)25-29-15-19-31-32-23-28(50-5)16-20-33(32)41-34(36(31)51-29)14-8-6-7-11-27-12-9-10-13-27/h16,20,23,26-27,29-30H,6-15,17-19,21-22,24-25H2,1-5H3,(H,42,46)(H,43,47)/t26-,29-/m0/s1. The van der Waals surface area contributed by atoms with Crippen molar-refractivity contribution in [3.05, 3.63) is 29.5 Å². The van der Waals surface area contributed by atoms with Crippen LogP contribution in [0.1, 0.15) is 129 Å². The van der Waals surface area contributed by atoms with Gasteiger partial charge in [-0.15, -0.1) is 0 Å². The van der Waals surface area contributed by atoms with Crippen LogP contribution in [0, 0.1) is 11.3 Å². The van der Waals surface area contributed by atoms with Gasteiger partial charge in [-0.25, -0.2) is 13.4 Å². The zero-order valence-corrected chi connectivity index (χ0v) is 32.5. The van der Waals surface area contributed by atoms with E-state index >= 15 is 0 Å². The van der Waals surface area contributed by atoms with Crippen LogP contribution < -0.4 is 19.5 Å². The molecule has 6 rings (SSSR count). The van der Waals surface area contributed by atoms with Crippen molar-refractivity contribution >= 4 is 38.6 Å². The molecule has 4 aliphatic rings. The lowest BCUT2D eigenvalue weighted by molar-refractivity contribution is -0.143. The van der Waals surface area contributed by atoms with Gasteiger partial charge in [-0.2, -0.15) is 0 Å². The minimum atomic E-state index is -3.76. The normalized spacial score (nSPS) is 20.4. The molecule has 0 saturated heterocycles. The summed E-state index contributed by atoms with van der Waals surface area (Å²) in [6.07, 6.45) is 13.9. The maximum atomic E-state index is 13.9. The highest BCUT2D eigenvalue weighted by Crippen LogP contribution is 2.40. The minimum absolute atomic E-state index is 0.181. The number of fused-ring (bicyclic) bond motifs is 3. The first-order valence-electron chi connectivity index (χ1n) is 19.5. The van der Waals surface area contributed by atoms with Crippen LogP contribution >= 0.6 is 0 Å². The lowest BCUT2D eigenvalue weighted by Gasteiger charge is -2.36.